The van der Waals surface area contributed by atoms with E-state index in [1.54, 1.807) is 0 Å². The van der Waals surface area contributed by atoms with E-state index in [1.807, 2.05) is 25.1 Å². The van der Waals surface area contributed by atoms with Crippen LogP contribution in [-0.4, -0.2) is 52.2 Å². The predicted molar refractivity (Wildman–Crippen MR) is 111 cm³/mol. The number of benzene rings is 1. The van der Waals surface area contributed by atoms with Gasteiger partial charge in [-0.3, -0.25) is 5.73 Å². The molecule has 1 aliphatic heterocycles. The molecule has 0 saturated heterocycles. The first-order chi connectivity index (χ1) is 13.2. The van der Waals surface area contributed by atoms with Gasteiger partial charge in [-0.15, -0.1) is 0 Å². The second kappa shape index (κ2) is 9.77. The number of hydrogen-bond acceptors (Lipinski definition) is 6. The fraction of sp³-hybridized carbons (Fsp3) is 0.400. The minimum absolute atomic E-state index is 0.376. The maximum absolute atomic E-state index is 11.4. The van der Waals surface area contributed by atoms with Crippen molar-refractivity contribution in [2.75, 3.05) is 20.1 Å². The van der Waals surface area contributed by atoms with Crippen molar-refractivity contribution in [3.63, 3.8) is 0 Å². The molecule has 8 heteroatoms. The van der Waals surface area contributed by atoms with Crippen LogP contribution in [0.5, 0.6) is 0 Å². The van der Waals surface area contributed by atoms with E-state index in [2.05, 4.69) is 29.4 Å². The lowest BCUT2D eigenvalue weighted by atomic mass is 10.1. The number of nitrogens with two attached hydrogens (primary N) is 1. The van der Waals surface area contributed by atoms with Crippen molar-refractivity contribution in [1.29, 1.82) is 0 Å². The van der Waals surface area contributed by atoms with Gasteiger partial charge in [0.05, 0.1) is 5.57 Å². The zero-order chi connectivity index (χ0) is 20.7. The molecule has 0 spiro atoms. The van der Waals surface area contributed by atoms with Crippen molar-refractivity contribution in [1.82, 2.24) is 10.2 Å². The molecule has 1 unspecified atom stereocenters. The van der Waals surface area contributed by atoms with Gasteiger partial charge >= 0.3 is 11.9 Å². The summed E-state index contributed by atoms with van der Waals surface area (Å²) in [4.78, 5) is 24.1. The summed E-state index contributed by atoms with van der Waals surface area (Å²) in [6, 6.07) is 10.3. The Labute approximate surface area is 169 Å². The molecule has 0 radical (unpaired) electrons. The summed E-state index contributed by atoms with van der Waals surface area (Å²) in [5, 5.41) is 21.2. The molecular formula is C20H27N3O4S. The SMILES string of the molecule is CC1=C(CCCN(C)CCc2ccccc2)SC(N)(C(=CC(=O)O)C(=O)O)N1. The number of allylic oxidation sites excluding steroid dienone is 2. The average Bonchev–Trinajstić information content (AvgIpc) is 2.93. The van der Waals surface area contributed by atoms with Crippen LogP contribution in [0, 0.1) is 0 Å². The summed E-state index contributed by atoms with van der Waals surface area (Å²) in [5.41, 5.74) is 7.89. The Balaban J connectivity index is 1.85. The Hall–Kier alpha value is -2.29. The molecule has 1 heterocycles. The molecule has 1 atom stereocenters. The largest absolute Gasteiger partial charge is 0.478 e. The third kappa shape index (κ3) is 6.12. The zero-order valence-corrected chi connectivity index (χ0v) is 17.0. The Morgan fingerprint density at radius 3 is 2.50 bits per heavy atom. The first kappa shape index (κ1) is 22.0. The molecule has 0 fully saturated rings. The number of carboxylic acid groups (broad SMARTS) is 2. The van der Waals surface area contributed by atoms with E-state index < -0.39 is 16.9 Å². The van der Waals surface area contributed by atoms with Crippen LogP contribution in [0.25, 0.3) is 0 Å². The van der Waals surface area contributed by atoms with E-state index in [4.69, 9.17) is 10.8 Å². The Morgan fingerprint density at radius 2 is 1.89 bits per heavy atom. The molecule has 1 aromatic rings. The first-order valence-electron chi connectivity index (χ1n) is 9.08. The summed E-state index contributed by atoms with van der Waals surface area (Å²) < 4.78 is 0. The second-order valence-electron chi connectivity index (χ2n) is 6.85. The fourth-order valence-corrected chi connectivity index (χ4v) is 4.34. The molecule has 0 bridgehead atoms. The lowest BCUT2D eigenvalue weighted by molar-refractivity contribution is -0.135. The topological polar surface area (TPSA) is 116 Å². The summed E-state index contributed by atoms with van der Waals surface area (Å²) >= 11 is 1.18. The van der Waals surface area contributed by atoms with E-state index in [1.165, 1.54) is 17.3 Å². The Kier molecular flexibility index (Phi) is 7.68. The highest BCUT2D eigenvalue weighted by Crippen LogP contribution is 2.41. The van der Waals surface area contributed by atoms with Crippen LogP contribution in [0.2, 0.25) is 0 Å². The van der Waals surface area contributed by atoms with Crippen LogP contribution in [0.4, 0.5) is 0 Å². The molecule has 152 valence electrons. The van der Waals surface area contributed by atoms with Crippen LogP contribution < -0.4 is 11.1 Å². The summed E-state index contributed by atoms with van der Waals surface area (Å²) in [6.07, 6.45) is 3.28. The summed E-state index contributed by atoms with van der Waals surface area (Å²) in [7, 11) is 2.08. The van der Waals surface area contributed by atoms with Crippen molar-refractivity contribution in [2.45, 2.75) is 31.2 Å². The molecule has 5 N–H and O–H groups in total. The van der Waals surface area contributed by atoms with Gasteiger partial charge < -0.3 is 20.4 Å². The molecule has 0 aliphatic carbocycles. The van der Waals surface area contributed by atoms with E-state index in [9.17, 15) is 14.7 Å². The van der Waals surface area contributed by atoms with Crippen molar-refractivity contribution < 1.29 is 19.8 Å². The van der Waals surface area contributed by atoms with E-state index in [-0.39, 0.29) is 5.57 Å². The van der Waals surface area contributed by atoms with Gasteiger partial charge in [-0.1, -0.05) is 42.1 Å². The second-order valence-corrected chi connectivity index (χ2v) is 8.20. The van der Waals surface area contributed by atoms with E-state index in [0.717, 1.165) is 43.0 Å². The lowest BCUT2D eigenvalue weighted by Gasteiger charge is -2.25. The molecule has 28 heavy (non-hydrogen) atoms. The highest BCUT2D eigenvalue weighted by molar-refractivity contribution is 8.04. The minimum atomic E-state index is -1.47. The fourth-order valence-electron chi connectivity index (χ4n) is 3.04. The standard InChI is InChI=1S/C20H27N3O4S/c1-14-17(28-20(21,22-14)16(19(26)27)13-18(24)25)9-6-11-23(2)12-10-15-7-4-3-5-8-15/h3-5,7-8,13,22H,6,9-12,21H2,1-2H3,(H,24,25)(H,26,27). The van der Waals surface area contributed by atoms with Gasteiger partial charge in [0, 0.05) is 23.2 Å². The van der Waals surface area contributed by atoms with Crippen molar-refractivity contribution in [3.8, 4) is 0 Å². The summed E-state index contributed by atoms with van der Waals surface area (Å²) in [6.45, 7) is 3.69. The third-order valence-corrected chi connectivity index (χ3v) is 5.94. The minimum Gasteiger partial charge on any atom is -0.478 e. The van der Waals surface area contributed by atoms with Gasteiger partial charge in [-0.25, -0.2) is 9.59 Å². The molecule has 2 rings (SSSR count). The van der Waals surface area contributed by atoms with Gasteiger partial charge in [0.25, 0.3) is 0 Å². The lowest BCUT2D eigenvalue weighted by Crippen LogP contribution is -2.50. The highest BCUT2D eigenvalue weighted by atomic mass is 32.2. The van der Waals surface area contributed by atoms with Crippen LogP contribution in [-0.2, 0) is 16.0 Å². The molecular weight excluding hydrogens is 378 g/mol. The number of aliphatic carboxylic acids is 2. The quantitative estimate of drug-likeness (QED) is 0.438. The molecule has 7 nitrogen and oxygen atoms in total. The van der Waals surface area contributed by atoms with Crippen LogP contribution >= 0.6 is 11.8 Å². The monoisotopic (exact) mass is 405 g/mol. The van der Waals surface area contributed by atoms with Crippen molar-refractivity contribution in [2.24, 2.45) is 5.73 Å². The van der Waals surface area contributed by atoms with Gasteiger partial charge in [0.15, 0.2) is 4.99 Å². The first-order valence-corrected chi connectivity index (χ1v) is 9.89. The zero-order valence-electron chi connectivity index (χ0n) is 16.1. The number of nitrogens with zero attached hydrogens (tertiary/aromatic N) is 1. The van der Waals surface area contributed by atoms with Gasteiger partial charge in [0.2, 0.25) is 0 Å². The predicted octanol–water partition coefficient (Wildman–Crippen LogP) is 2.22. The number of carbonyl (C=O) groups is 2. The van der Waals surface area contributed by atoms with Gasteiger partial charge in [0.1, 0.15) is 0 Å². The highest BCUT2D eigenvalue weighted by Gasteiger charge is 2.41. The van der Waals surface area contributed by atoms with Gasteiger partial charge in [-0.05, 0) is 45.3 Å². The number of nitrogens with one attached hydrogen (secondary N) is 1. The normalized spacial score (nSPS) is 19.8. The number of carboxylic acids is 2. The maximum atomic E-state index is 11.4. The number of rotatable bonds is 10. The van der Waals surface area contributed by atoms with Crippen LogP contribution in [0.1, 0.15) is 25.3 Å². The molecule has 1 aromatic carbocycles. The maximum Gasteiger partial charge on any atom is 0.336 e. The number of thioether (sulfide) groups is 1. The van der Waals surface area contributed by atoms with Crippen LogP contribution in [0.15, 0.2) is 52.6 Å². The smallest absolute Gasteiger partial charge is 0.336 e. The third-order valence-electron chi connectivity index (χ3n) is 4.54. The number of hydrogen-bond donors (Lipinski definition) is 4. The Morgan fingerprint density at radius 1 is 1.21 bits per heavy atom. The van der Waals surface area contributed by atoms with E-state index >= 15 is 0 Å². The summed E-state index contributed by atoms with van der Waals surface area (Å²) in [5.74, 6) is -2.68. The van der Waals surface area contributed by atoms with E-state index in [0.29, 0.717) is 6.08 Å². The molecule has 1 aliphatic rings. The number of likely N-dealkylation sites (N-methyl/N-ethyl adjacent to an activating group) is 1. The van der Waals surface area contributed by atoms with Gasteiger partial charge in [-0.2, -0.15) is 0 Å². The molecule has 0 amide bonds. The average molecular weight is 406 g/mol. The Bertz CT molecular complexity index is 779. The molecule has 0 saturated carbocycles. The molecule has 0 aromatic heterocycles. The van der Waals surface area contributed by atoms with Crippen LogP contribution in [0.3, 0.4) is 0 Å². The van der Waals surface area contributed by atoms with Crippen molar-refractivity contribution >= 4 is 23.7 Å². The van der Waals surface area contributed by atoms with Crippen molar-refractivity contribution in [3.05, 3.63) is 58.1 Å².